The second-order valence-corrected chi connectivity index (χ2v) is 9.31. The van der Waals surface area contributed by atoms with Crippen LogP contribution in [0.15, 0.2) is 54.7 Å². The number of rotatable bonds is 6. The van der Waals surface area contributed by atoms with Gasteiger partial charge in [-0.25, -0.2) is 13.9 Å². The number of Topliss-reactive ketones (excluding diaryl/α,β-unsaturated/α-hetero) is 1. The quantitative estimate of drug-likeness (QED) is 0.247. The molecule has 2 atom stereocenters. The molecule has 0 unspecified atom stereocenters. The van der Waals surface area contributed by atoms with Crippen molar-refractivity contribution in [1.82, 2.24) is 25.2 Å². The van der Waals surface area contributed by atoms with E-state index >= 15 is 0 Å². The van der Waals surface area contributed by atoms with Crippen LogP contribution in [0, 0.1) is 5.82 Å². The largest absolute Gasteiger partial charge is 0.419 e. The molecule has 9 nitrogen and oxygen atoms in total. The zero-order chi connectivity index (χ0) is 28.8. The van der Waals surface area contributed by atoms with Gasteiger partial charge in [0.1, 0.15) is 17.2 Å². The molecule has 2 aromatic carbocycles. The highest BCUT2D eigenvalue weighted by molar-refractivity contribution is 5.98. The molecule has 1 aliphatic carbocycles. The van der Waals surface area contributed by atoms with Gasteiger partial charge in [-0.2, -0.15) is 18.3 Å². The molecule has 1 aliphatic rings. The van der Waals surface area contributed by atoms with E-state index in [1.54, 1.807) is 18.2 Å². The zero-order valence-corrected chi connectivity index (χ0v) is 20.8. The number of aliphatic hydroxyl groups is 1. The van der Waals surface area contributed by atoms with Crippen LogP contribution in [-0.2, 0) is 19.1 Å². The Labute approximate surface area is 223 Å². The summed E-state index contributed by atoms with van der Waals surface area (Å²) in [4.78, 5) is 42.0. The molecule has 5 rings (SSSR count). The normalized spacial score (nSPS) is 16.6. The van der Waals surface area contributed by atoms with Gasteiger partial charge in [-0.15, -0.1) is 0 Å². The maximum Gasteiger partial charge on any atom is 0.419 e. The summed E-state index contributed by atoms with van der Waals surface area (Å²) >= 11 is 0. The SMILES string of the molecule is CC(=O)c1ccc2c(c1)C[C@@H](O)[C@@H]2NC(=O)c1cc(C(=O)NCc2ccc(F)c(C(F)(F)F)c2)nc2ccnn12. The summed E-state index contributed by atoms with van der Waals surface area (Å²) < 4.78 is 53.8. The lowest BCUT2D eigenvalue weighted by atomic mass is 10.0. The summed E-state index contributed by atoms with van der Waals surface area (Å²) in [6, 6.07) is 9.16. The smallest absolute Gasteiger partial charge is 0.390 e. The van der Waals surface area contributed by atoms with Crippen molar-refractivity contribution in [2.75, 3.05) is 0 Å². The van der Waals surface area contributed by atoms with Gasteiger partial charge >= 0.3 is 6.18 Å². The van der Waals surface area contributed by atoms with Crippen molar-refractivity contribution >= 4 is 23.2 Å². The second kappa shape index (κ2) is 10.2. The van der Waals surface area contributed by atoms with Gasteiger partial charge < -0.3 is 15.7 Å². The molecule has 4 aromatic rings. The second-order valence-electron chi connectivity index (χ2n) is 9.31. The predicted octanol–water partition coefficient (Wildman–Crippen LogP) is 3.41. The first-order chi connectivity index (χ1) is 18.9. The number of alkyl halides is 3. The summed E-state index contributed by atoms with van der Waals surface area (Å²) in [5, 5.41) is 19.9. The van der Waals surface area contributed by atoms with E-state index in [0.29, 0.717) is 23.3 Å². The molecule has 0 fully saturated rings. The van der Waals surface area contributed by atoms with E-state index < -0.39 is 41.5 Å². The molecule has 0 radical (unpaired) electrons. The topological polar surface area (TPSA) is 126 Å². The van der Waals surface area contributed by atoms with Crippen molar-refractivity contribution in [2.45, 2.75) is 38.2 Å². The van der Waals surface area contributed by atoms with Gasteiger partial charge in [-0.05, 0) is 41.8 Å². The van der Waals surface area contributed by atoms with Crippen molar-refractivity contribution in [2.24, 2.45) is 0 Å². The van der Waals surface area contributed by atoms with E-state index in [1.165, 1.54) is 23.7 Å². The van der Waals surface area contributed by atoms with Crippen LogP contribution in [0.3, 0.4) is 0 Å². The van der Waals surface area contributed by atoms with E-state index in [-0.39, 0.29) is 41.3 Å². The zero-order valence-electron chi connectivity index (χ0n) is 20.8. The lowest BCUT2D eigenvalue weighted by Crippen LogP contribution is -2.35. The van der Waals surface area contributed by atoms with Crippen molar-refractivity contribution in [3.8, 4) is 0 Å². The minimum absolute atomic E-state index is 0.00675. The van der Waals surface area contributed by atoms with Crippen LogP contribution in [-0.4, -0.2) is 43.4 Å². The van der Waals surface area contributed by atoms with Crippen molar-refractivity contribution in [3.05, 3.63) is 99.8 Å². The highest BCUT2D eigenvalue weighted by Gasteiger charge is 2.35. The maximum absolute atomic E-state index is 13.6. The van der Waals surface area contributed by atoms with Gasteiger partial charge in [-0.1, -0.05) is 18.2 Å². The van der Waals surface area contributed by atoms with Crippen LogP contribution in [0.25, 0.3) is 5.65 Å². The number of ketones is 1. The van der Waals surface area contributed by atoms with Gasteiger partial charge in [0.05, 0.1) is 23.9 Å². The van der Waals surface area contributed by atoms with Crippen molar-refractivity contribution in [1.29, 1.82) is 0 Å². The first-order valence-electron chi connectivity index (χ1n) is 12.0. The van der Waals surface area contributed by atoms with Crippen molar-refractivity contribution < 1.29 is 37.1 Å². The van der Waals surface area contributed by atoms with Crippen LogP contribution < -0.4 is 10.6 Å². The maximum atomic E-state index is 13.6. The Hall–Kier alpha value is -4.65. The summed E-state index contributed by atoms with van der Waals surface area (Å²) in [6.07, 6.45) is -4.27. The number of amides is 2. The summed E-state index contributed by atoms with van der Waals surface area (Å²) in [6.45, 7) is 1.07. The third-order valence-electron chi connectivity index (χ3n) is 6.60. The predicted molar refractivity (Wildman–Crippen MR) is 132 cm³/mol. The molecule has 2 heterocycles. The summed E-state index contributed by atoms with van der Waals surface area (Å²) in [5.41, 5.74) is 0.259. The third kappa shape index (κ3) is 5.15. The van der Waals surface area contributed by atoms with Crippen LogP contribution in [0.4, 0.5) is 17.6 Å². The molecule has 0 spiro atoms. The lowest BCUT2D eigenvalue weighted by Gasteiger charge is -2.18. The average molecular weight is 555 g/mol. The average Bonchev–Trinajstić information content (AvgIpc) is 3.50. The first-order valence-corrected chi connectivity index (χ1v) is 12.0. The molecule has 0 bridgehead atoms. The van der Waals surface area contributed by atoms with Gasteiger partial charge in [-0.3, -0.25) is 14.4 Å². The number of aliphatic hydroxyl groups excluding tert-OH is 1. The molecule has 206 valence electrons. The Kier molecular flexibility index (Phi) is 6.84. The van der Waals surface area contributed by atoms with Crippen molar-refractivity contribution in [3.63, 3.8) is 0 Å². The molecule has 3 N–H and O–H groups in total. The van der Waals surface area contributed by atoms with E-state index in [1.807, 2.05) is 0 Å². The minimum atomic E-state index is -4.90. The van der Waals surface area contributed by atoms with E-state index in [4.69, 9.17) is 0 Å². The van der Waals surface area contributed by atoms with Crippen LogP contribution in [0.1, 0.15) is 66.6 Å². The Morgan fingerprint density at radius 3 is 2.58 bits per heavy atom. The number of hydrogen-bond donors (Lipinski definition) is 3. The number of benzene rings is 2. The van der Waals surface area contributed by atoms with Gasteiger partial charge in [0.2, 0.25) is 0 Å². The summed E-state index contributed by atoms with van der Waals surface area (Å²) in [5.74, 6) is -3.03. The molecular weight excluding hydrogens is 534 g/mol. The monoisotopic (exact) mass is 555 g/mol. The first kappa shape index (κ1) is 26.9. The fraction of sp³-hybridized carbons (Fsp3) is 0.222. The number of halogens is 4. The van der Waals surface area contributed by atoms with Gasteiger partial charge in [0, 0.05) is 30.7 Å². The van der Waals surface area contributed by atoms with Crippen LogP contribution in [0.5, 0.6) is 0 Å². The number of hydrogen-bond acceptors (Lipinski definition) is 6. The van der Waals surface area contributed by atoms with Crippen LogP contribution >= 0.6 is 0 Å². The number of carbonyl (C=O) groups is 3. The van der Waals surface area contributed by atoms with E-state index in [0.717, 1.165) is 17.7 Å². The number of aromatic nitrogens is 3. The van der Waals surface area contributed by atoms with Gasteiger partial charge in [0.15, 0.2) is 11.4 Å². The van der Waals surface area contributed by atoms with Gasteiger partial charge in [0.25, 0.3) is 11.8 Å². The molecule has 2 aromatic heterocycles. The Balaban J connectivity index is 1.37. The highest BCUT2D eigenvalue weighted by Crippen LogP contribution is 2.33. The fourth-order valence-corrected chi connectivity index (χ4v) is 4.61. The molecule has 13 heteroatoms. The molecule has 2 amide bonds. The molecule has 0 saturated carbocycles. The Bertz CT molecular complexity index is 1670. The Morgan fingerprint density at radius 2 is 1.85 bits per heavy atom. The van der Waals surface area contributed by atoms with E-state index in [9.17, 15) is 37.1 Å². The number of nitrogens with zero attached hydrogens (tertiary/aromatic N) is 3. The van der Waals surface area contributed by atoms with E-state index in [2.05, 4.69) is 20.7 Å². The standard InChI is InChI=1S/C27H21F4N5O4/c1-13(37)15-3-4-17-16(9-15)10-22(38)24(17)35-26(40)21-11-20(34-23-6-7-33-36(21)23)25(39)32-12-14-2-5-19(28)18(8-14)27(29,30)31/h2-9,11,22,24,38H,10,12H2,1H3,(H,32,39)(H,35,40)/t22-,24-/m1/s1. The summed E-state index contributed by atoms with van der Waals surface area (Å²) in [7, 11) is 0. The number of fused-ring (bicyclic) bond motifs is 2. The lowest BCUT2D eigenvalue weighted by molar-refractivity contribution is -0.140. The molecule has 0 aliphatic heterocycles. The molecular formula is C27H21F4N5O4. The number of nitrogens with one attached hydrogen (secondary N) is 2. The molecule has 40 heavy (non-hydrogen) atoms. The third-order valence-corrected chi connectivity index (χ3v) is 6.60. The molecule has 0 saturated heterocycles. The number of carbonyl (C=O) groups excluding carboxylic acids is 3. The minimum Gasteiger partial charge on any atom is -0.390 e. The Morgan fingerprint density at radius 1 is 1.07 bits per heavy atom. The highest BCUT2D eigenvalue weighted by atomic mass is 19.4. The fourth-order valence-electron chi connectivity index (χ4n) is 4.61. The van der Waals surface area contributed by atoms with Crippen LogP contribution in [0.2, 0.25) is 0 Å².